The van der Waals surface area contributed by atoms with Crippen LogP contribution in [-0.2, 0) is 9.59 Å². The number of aromatic nitrogens is 4. The Kier molecular flexibility index (Phi) is 7.74. The van der Waals surface area contributed by atoms with E-state index in [0.717, 1.165) is 12.4 Å². The molecule has 2 amide bonds. The third-order valence-corrected chi connectivity index (χ3v) is 5.76. The number of carbonyl (C=O) groups excluding carboxylic acids is 2. The average molecular weight is 555 g/mol. The zero-order valence-electron chi connectivity index (χ0n) is 20.0. The SMILES string of the molecule is Cc1[nH]n(-c2cccc(Cl)c2)c(=O)c1/C=N\NC(=O)C(=O)N/N=C/c1c(C)[nH]n(-c2cccc(Cl)c2)c1=O. The number of amides is 2. The molecule has 4 rings (SSSR count). The number of nitrogens with zero attached hydrogens (tertiary/aromatic N) is 4. The molecule has 194 valence electrons. The number of halogens is 2. The largest absolute Gasteiger partial charge is 0.331 e. The predicted octanol–water partition coefficient (Wildman–Crippen LogP) is 2.17. The van der Waals surface area contributed by atoms with Gasteiger partial charge in [0.2, 0.25) is 0 Å². The van der Waals surface area contributed by atoms with Crippen molar-refractivity contribution in [3.63, 3.8) is 0 Å². The minimum absolute atomic E-state index is 0.169. The van der Waals surface area contributed by atoms with Gasteiger partial charge in [-0.1, -0.05) is 35.3 Å². The number of hydrazone groups is 2. The van der Waals surface area contributed by atoms with Crippen LogP contribution >= 0.6 is 23.2 Å². The van der Waals surface area contributed by atoms with E-state index in [0.29, 0.717) is 32.8 Å². The lowest BCUT2D eigenvalue weighted by Crippen LogP contribution is -2.35. The molecule has 0 radical (unpaired) electrons. The molecule has 4 aromatic rings. The highest BCUT2D eigenvalue weighted by atomic mass is 35.5. The van der Waals surface area contributed by atoms with E-state index >= 15 is 0 Å². The maximum absolute atomic E-state index is 12.7. The molecule has 2 heterocycles. The zero-order chi connectivity index (χ0) is 27.4. The maximum Gasteiger partial charge on any atom is 0.331 e. The molecule has 0 atom stereocenters. The monoisotopic (exact) mass is 554 g/mol. The van der Waals surface area contributed by atoms with Crippen molar-refractivity contribution in [1.29, 1.82) is 0 Å². The van der Waals surface area contributed by atoms with Crippen molar-refractivity contribution in [2.75, 3.05) is 0 Å². The van der Waals surface area contributed by atoms with Crippen molar-refractivity contribution in [3.05, 3.63) is 102 Å². The second-order valence-electron chi connectivity index (χ2n) is 7.94. The van der Waals surface area contributed by atoms with Crippen LogP contribution in [0.4, 0.5) is 0 Å². The number of carbonyl (C=O) groups is 2. The van der Waals surface area contributed by atoms with Gasteiger partial charge in [0, 0.05) is 21.4 Å². The van der Waals surface area contributed by atoms with Gasteiger partial charge in [-0.15, -0.1) is 0 Å². The Balaban J connectivity index is 1.39. The molecule has 4 N–H and O–H groups in total. The first-order valence-electron chi connectivity index (χ1n) is 11.0. The number of hydrogen-bond acceptors (Lipinski definition) is 6. The van der Waals surface area contributed by atoms with Crippen molar-refractivity contribution in [2.24, 2.45) is 10.2 Å². The highest BCUT2D eigenvalue weighted by molar-refractivity contribution is 6.35. The molecule has 0 saturated heterocycles. The Morgan fingerprint density at radius 1 is 0.763 bits per heavy atom. The van der Waals surface area contributed by atoms with Crippen LogP contribution in [0.15, 0.2) is 68.3 Å². The van der Waals surface area contributed by atoms with Crippen LogP contribution in [0.5, 0.6) is 0 Å². The second kappa shape index (κ2) is 11.2. The molecule has 0 fully saturated rings. The van der Waals surface area contributed by atoms with Crippen LogP contribution in [0.1, 0.15) is 22.5 Å². The molecule has 0 bridgehead atoms. The molecule has 2 aromatic heterocycles. The Hall–Kier alpha value is -4.68. The summed E-state index contributed by atoms with van der Waals surface area (Å²) in [5.41, 5.74) is 5.52. The summed E-state index contributed by atoms with van der Waals surface area (Å²) < 4.78 is 2.55. The van der Waals surface area contributed by atoms with Gasteiger partial charge >= 0.3 is 11.8 Å². The molecule has 14 heteroatoms. The summed E-state index contributed by atoms with van der Waals surface area (Å²) in [5.74, 6) is -2.27. The Bertz CT molecular complexity index is 1580. The fraction of sp³-hybridized carbons (Fsp3) is 0.0833. The first kappa shape index (κ1) is 26.4. The van der Waals surface area contributed by atoms with Crippen molar-refractivity contribution in [1.82, 2.24) is 30.4 Å². The van der Waals surface area contributed by atoms with Gasteiger partial charge in [-0.05, 0) is 50.2 Å². The normalized spacial score (nSPS) is 11.4. The van der Waals surface area contributed by atoms with E-state index in [9.17, 15) is 19.2 Å². The quantitative estimate of drug-likeness (QED) is 0.163. The van der Waals surface area contributed by atoms with E-state index in [1.165, 1.54) is 9.36 Å². The van der Waals surface area contributed by atoms with Gasteiger partial charge in [0.1, 0.15) is 0 Å². The van der Waals surface area contributed by atoms with Gasteiger partial charge in [0.25, 0.3) is 11.1 Å². The zero-order valence-corrected chi connectivity index (χ0v) is 21.5. The minimum atomic E-state index is -1.14. The molecule has 0 aliphatic rings. The van der Waals surface area contributed by atoms with Crippen LogP contribution < -0.4 is 22.0 Å². The highest BCUT2D eigenvalue weighted by Gasteiger charge is 2.15. The Labute approximate surface area is 224 Å². The standard InChI is InChI=1S/C24H20Cl2N8O4/c1-13-19(23(37)33(31-13)17-7-3-5-15(25)9-17)11-27-29-21(35)22(36)30-28-12-20-14(2)32-34(24(20)38)18-8-4-6-16(26)10-18/h3-12,31-32H,1-2H3,(H,29,35)(H,30,36)/b27-11-,28-12+. The highest BCUT2D eigenvalue weighted by Crippen LogP contribution is 2.14. The molecule has 12 nitrogen and oxygen atoms in total. The number of benzene rings is 2. The molecular formula is C24H20Cl2N8O4. The smallest absolute Gasteiger partial charge is 0.295 e. The van der Waals surface area contributed by atoms with Crippen molar-refractivity contribution >= 4 is 47.4 Å². The topological polar surface area (TPSA) is 158 Å². The number of nitrogens with one attached hydrogen (secondary N) is 4. The summed E-state index contributed by atoms with van der Waals surface area (Å²) in [7, 11) is 0. The van der Waals surface area contributed by atoms with E-state index in [-0.39, 0.29) is 11.1 Å². The first-order valence-corrected chi connectivity index (χ1v) is 11.7. The lowest BCUT2D eigenvalue weighted by Gasteiger charge is -2.01. The predicted molar refractivity (Wildman–Crippen MR) is 144 cm³/mol. The van der Waals surface area contributed by atoms with E-state index in [1.807, 2.05) is 10.9 Å². The van der Waals surface area contributed by atoms with Crippen LogP contribution in [0, 0.1) is 13.8 Å². The van der Waals surface area contributed by atoms with Crippen LogP contribution in [0.3, 0.4) is 0 Å². The van der Waals surface area contributed by atoms with Crippen LogP contribution in [0.25, 0.3) is 11.4 Å². The van der Waals surface area contributed by atoms with E-state index in [1.54, 1.807) is 62.4 Å². The summed E-state index contributed by atoms with van der Waals surface area (Å²) in [6.45, 7) is 3.30. The van der Waals surface area contributed by atoms with Gasteiger partial charge in [-0.2, -0.15) is 10.2 Å². The van der Waals surface area contributed by atoms with E-state index in [4.69, 9.17) is 23.2 Å². The van der Waals surface area contributed by atoms with Gasteiger partial charge in [0.05, 0.1) is 34.9 Å². The van der Waals surface area contributed by atoms with Gasteiger partial charge in [-0.3, -0.25) is 29.4 Å². The Morgan fingerprint density at radius 2 is 1.16 bits per heavy atom. The second-order valence-corrected chi connectivity index (χ2v) is 8.81. The number of aryl methyl sites for hydroxylation is 2. The van der Waals surface area contributed by atoms with E-state index < -0.39 is 22.9 Å². The van der Waals surface area contributed by atoms with Crippen molar-refractivity contribution < 1.29 is 9.59 Å². The third kappa shape index (κ3) is 5.66. The summed E-state index contributed by atoms with van der Waals surface area (Å²) >= 11 is 12.0. The molecule has 38 heavy (non-hydrogen) atoms. The maximum atomic E-state index is 12.7. The van der Waals surface area contributed by atoms with E-state index in [2.05, 4.69) is 20.4 Å². The van der Waals surface area contributed by atoms with Gasteiger partial charge in [-0.25, -0.2) is 20.2 Å². The summed E-state index contributed by atoms with van der Waals surface area (Å²) in [6, 6.07) is 13.3. The number of rotatable bonds is 6. The number of H-pyrrole nitrogens is 2. The molecule has 0 spiro atoms. The van der Waals surface area contributed by atoms with Crippen LogP contribution in [-0.4, -0.2) is 43.8 Å². The minimum Gasteiger partial charge on any atom is -0.295 e. The van der Waals surface area contributed by atoms with Crippen molar-refractivity contribution in [3.8, 4) is 11.4 Å². The van der Waals surface area contributed by atoms with Gasteiger partial charge < -0.3 is 0 Å². The number of aromatic amines is 2. The lowest BCUT2D eigenvalue weighted by molar-refractivity contribution is -0.139. The molecule has 0 saturated carbocycles. The molecule has 0 aliphatic heterocycles. The van der Waals surface area contributed by atoms with Crippen molar-refractivity contribution in [2.45, 2.75) is 13.8 Å². The lowest BCUT2D eigenvalue weighted by atomic mass is 10.3. The fourth-order valence-electron chi connectivity index (χ4n) is 3.43. The first-order chi connectivity index (χ1) is 18.2. The van der Waals surface area contributed by atoms with Crippen LogP contribution in [0.2, 0.25) is 10.0 Å². The number of hydrogen-bond donors (Lipinski definition) is 4. The molecule has 0 aliphatic carbocycles. The summed E-state index contributed by atoms with van der Waals surface area (Å²) in [5, 5.41) is 14.1. The third-order valence-electron chi connectivity index (χ3n) is 5.29. The Morgan fingerprint density at radius 3 is 1.53 bits per heavy atom. The molecule has 0 unspecified atom stereocenters. The summed E-state index contributed by atoms with van der Waals surface area (Å²) in [4.78, 5) is 49.5. The fourth-order valence-corrected chi connectivity index (χ4v) is 3.80. The molecule has 2 aromatic carbocycles. The molecular weight excluding hydrogens is 535 g/mol. The van der Waals surface area contributed by atoms with Gasteiger partial charge in [0.15, 0.2) is 0 Å². The summed E-state index contributed by atoms with van der Waals surface area (Å²) in [6.07, 6.45) is 2.23. The average Bonchev–Trinajstić information content (AvgIpc) is 3.33.